The fourth-order valence-electron chi connectivity index (χ4n) is 2.21. The summed E-state index contributed by atoms with van der Waals surface area (Å²) in [5, 5.41) is 3.91. The molecule has 80 valence electrons. The molecular weight excluding hydrogens is 196 g/mol. The molecule has 14 heavy (non-hydrogen) atoms. The van der Waals surface area contributed by atoms with Crippen LogP contribution in [0, 0.1) is 5.92 Å². The zero-order chi connectivity index (χ0) is 10.3. The standard InChI is InChI=1S/C10H18N2OS/c1-7(2)10(3)9-12(5-4-11-10)8(13)6-14-9/h7,9,11H,4-6H2,1-3H3/t9-,10+/m1/s1. The lowest BCUT2D eigenvalue weighted by Crippen LogP contribution is -2.65. The minimum atomic E-state index is 0.0784. The number of nitrogens with one attached hydrogen (secondary N) is 1. The van der Waals surface area contributed by atoms with Crippen molar-refractivity contribution in [2.75, 3.05) is 18.8 Å². The quantitative estimate of drug-likeness (QED) is 0.704. The lowest BCUT2D eigenvalue weighted by atomic mass is 9.86. The largest absolute Gasteiger partial charge is 0.327 e. The number of rotatable bonds is 1. The van der Waals surface area contributed by atoms with Crippen molar-refractivity contribution in [3.05, 3.63) is 0 Å². The van der Waals surface area contributed by atoms with Gasteiger partial charge in [-0.15, -0.1) is 11.8 Å². The number of fused-ring (bicyclic) bond motifs is 1. The lowest BCUT2D eigenvalue weighted by Gasteiger charge is -2.47. The minimum absolute atomic E-state index is 0.0784. The third-order valence-electron chi connectivity index (χ3n) is 3.54. The number of thioether (sulfide) groups is 1. The first-order valence-corrected chi connectivity index (χ1v) is 6.26. The van der Waals surface area contributed by atoms with Gasteiger partial charge in [-0.25, -0.2) is 0 Å². The smallest absolute Gasteiger partial charge is 0.233 e. The lowest BCUT2D eigenvalue weighted by molar-refractivity contribution is -0.130. The molecule has 0 aromatic rings. The average Bonchev–Trinajstić information content (AvgIpc) is 2.50. The predicted octanol–water partition coefficient (Wildman–Crippen LogP) is 0.906. The van der Waals surface area contributed by atoms with Crippen LogP contribution >= 0.6 is 11.8 Å². The molecule has 2 aliphatic heterocycles. The molecule has 3 nitrogen and oxygen atoms in total. The van der Waals surface area contributed by atoms with E-state index in [1.807, 2.05) is 4.90 Å². The number of carbonyl (C=O) groups excluding carboxylic acids is 1. The molecule has 0 bridgehead atoms. The van der Waals surface area contributed by atoms with Crippen LogP contribution in [0.2, 0.25) is 0 Å². The monoisotopic (exact) mass is 214 g/mol. The molecule has 2 rings (SSSR count). The van der Waals surface area contributed by atoms with Crippen molar-refractivity contribution in [1.29, 1.82) is 0 Å². The normalized spacial score (nSPS) is 37.9. The van der Waals surface area contributed by atoms with E-state index in [0.717, 1.165) is 13.1 Å². The molecule has 2 heterocycles. The number of hydrogen-bond acceptors (Lipinski definition) is 3. The van der Waals surface area contributed by atoms with E-state index < -0.39 is 0 Å². The Labute approximate surface area is 89.6 Å². The molecule has 0 aliphatic carbocycles. The van der Waals surface area contributed by atoms with Crippen molar-refractivity contribution in [3.8, 4) is 0 Å². The van der Waals surface area contributed by atoms with Gasteiger partial charge in [0.25, 0.3) is 0 Å². The van der Waals surface area contributed by atoms with Crippen LogP contribution in [-0.4, -0.2) is 40.6 Å². The number of nitrogens with zero attached hydrogens (tertiary/aromatic N) is 1. The van der Waals surface area contributed by atoms with Gasteiger partial charge in [-0.3, -0.25) is 4.79 Å². The fourth-order valence-corrected chi connectivity index (χ4v) is 3.79. The Bertz CT molecular complexity index is 257. The van der Waals surface area contributed by atoms with Gasteiger partial charge in [0.15, 0.2) is 0 Å². The van der Waals surface area contributed by atoms with Gasteiger partial charge in [0.1, 0.15) is 0 Å². The summed E-state index contributed by atoms with van der Waals surface area (Å²) in [7, 11) is 0. The highest BCUT2D eigenvalue weighted by Crippen LogP contribution is 2.38. The Morgan fingerprint density at radius 3 is 3.00 bits per heavy atom. The maximum Gasteiger partial charge on any atom is 0.233 e. The summed E-state index contributed by atoms with van der Waals surface area (Å²) in [6.07, 6.45) is 0. The first-order chi connectivity index (χ1) is 6.55. The molecule has 2 aliphatic rings. The van der Waals surface area contributed by atoms with Crippen LogP contribution < -0.4 is 5.32 Å². The molecule has 0 saturated carbocycles. The Balaban J connectivity index is 2.24. The van der Waals surface area contributed by atoms with Crippen molar-refractivity contribution in [2.45, 2.75) is 31.7 Å². The highest BCUT2D eigenvalue weighted by molar-refractivity contribution is 8.01. The van der Waals surface area contributed by atoms with Crippen LogP contribution in [0.15, 0.2) is 0 Å². The Morgan fingerprint density at radius 2 is 2.36 bits per heavy atom. The second-order valence-corrected chi connectivity index (χ2v) is 5.68. The highest BCUT2D eigenvalue weighted by Gasteiger charge is 2.48. The summed E-state index contributed by atoms with van der Waals surface area (Å²) in [6.45, 7) is 8.48. The first-order valence-electron chi connectivity index (χ1n) is 5.22. The van der Waals surface area contributed by atoms with Gasteiger partial charge in [-0.1, -0.05) is 13.8 Å². The van der Waals surface area contributed by atoms with Crippen molar-refractivity contribution < 1.29 is 4.79 Å². The van der Waals surface area contributed by atoms with Crippen molar-refractivity contribution >= 4 is 17.7 Å². The van der Waals surface area contributed by atoms with Gasteiger partial charge in [0.05, 0.1) is 11.1 Å². The highest BCUT2D eigenvalue weighted by atomic mass is 32.2. The van der Waals surface area contributed by atoms with Crippen molar-refractivity contribution in [2.24, 2.45) is 5.92 Å². The number of piperazine rings is 1. The van der Waals surface area contributed by atoms with E-state index >= 15 is 0 Å². The van der Waals surface area contributed by atoms with E-state index in [4.69, 9.17) is 0 Å². The van der Waals surface area contributed by atoms with Crippen LogP contribution in [0.4, 0.5) is 0 Å². The molecule has 0 aromatic carbocycles. The molecule has 1 N–H and O–H groups in total. The van der Waals surface area contributed by atoms with Crippen molar-refractivity contribution in [3.63, 3.8) is 0 Å². The summed E-state index contributed by atoms with van der Waals surface area (Å²) in [5.41, 5.74) is 0.0784. The zero-order valence-corrected chi connectivity index (χ0v) is 9.86. The van der Waals surface area contributed by atoms with E-state index in [2.05, 4.69) is 26.1 Å². The Morgan fingerprint density at radius 1 is 1.64 bits per heavy atom. The summed E-state index contributed by atoms with van der Waals surface area (Å²) in [6, 6.07) is 0. The van der Waals surface area contributed by atoms with E-state index in [1.165, 1.54) is 0 Å². The van der Waals surface area contributed by atoms with E-state index in [9.17, 15) is 4.79 Å². The zero-order valence-electron chi connectivity index (χ0n) is 9.04. The second-order valence-electron chi connectivity index (χ2n) is 4.61. The fraction of sp³-hybridized carbons (Fsp3) is 0.900. The average molecular weight is 214 g/mol. The Hall–Kier alpha value is -0.220. The van der Waals surface area contributed by atoms with Gasteiger partial charge in [-0.05, 0) is 12.8 Å². The third-order valence-corrected chi connectivity index (χ3v) is 5.01. The van der Waals surface area contributed by atoms with Crippen LogP contribution in [0.5, 0.6) is 0 Å². The summed E-state index contributed by atoms with van der Waals surface area (Å²) in [5.74, 6) is 1.52. The second kappa shape index (κ2) is 3.42. The number of carbonyl (C=O) groups is 1. The van der Waals surface area contributed by atoms with Crippen LogP contribution in [0.25, 0.3) is 0 Å². The molecule has 0 unspecified atom stereocenters. The third kappa shape index (κ3) is 1.36. The molecule has 0 radical (unpaired) electrons. The van der Waals surface area contributed by atoms with Gasteiger partial charge in [-0.2, -0.15) is 0 Å². The van der Waals surface area contributed by atoms with Gasteiger partial charge in [0.2, 0.25) is 5.91 Å². The van der Waals surface area contributed by atoms with Gasteiger partial charge < -0.3 is 10.2 Å². The summed E-state index contributed by atoms with van der Waals surface area (Å²) < 4.78 is 0. The molecule has 4 heteroatoms. The SMILES string of the molecule is CC(C)[C@]1(C)NCCN2C(=O)CS[C@@H]21. The van der Waals surface area contributed by atoms with Crippen LogP contribution in [0.3, 0.4) is 0 Å². The summed E-state index contributed by atoms with van der Waals surface area (Å²) >= 11 is 1.78. The molecule has 0 spiro atoms. The van der Waals surface area contributed by atoms with Gasteiger partial charge in [0, 0.05) is 18.6 Å². The van der Waals surface area contributed by atoms with Crippen LogP contribution in [0.1, 0.15) is 20.8 Å². The predicted molar refractivity (Wildman–Crippen MR) is 59.2 cm³/mol. The maximum atomic E-state index is 11.6. The maximum absolute atomic E-state index is 11.6. The van der Waals surface area contributed by atoms with E-state index in [1.54, 1.807) is 11.8 Å². The minimum Gasteiger partial charge on any atom is -0.327 e. The molecule has 1 amide bonds. The molecule has 2 fully saturated rings. The van der Waals surface area contributed by atoms with Gasteiger partial charge >= 0.3 is 0 Å². The molecular formula is C10H18N2OS. The van der Waals surface area contributed by atoms with Crippen molar-refractivity contribution in [1.82, 2.24) is 10.2 Å². The molecule has 0 aromatic heterocycles. The molecule has 2 saturated heterocycles. The number of hydrogen-bond donors (Lipinski definition) is 1. The number of amides is 1. The van der Waals surface area contributed by atoms with E-state index in [-0.39, 0.29) is 5.54 Å². The van der Waals surface area contributed by atoms with E-state index in [0.29, 0.717) is 23.0 Å². The Kier molecular flexibility index (Phi) is 2.52. The topological polar surface area (TPSA) is 32.3 Å². The molecule has 2 atom stereocenters. The van der Waals surface area contributed by atoms with Crippen LogP contribution in [-0.2, 0) is 4.79 Å². The first kappa shape index (κ1) is 10.3. The summed E-state index contributed by atoms with van der Waals surface area (Å²) in [4.78, 5) is 13.6.